The summed E-state index contributed by atoms with van der Waals surface area (Å²) in [5.41, 5.74) is 0.113. The molecule has 0 radical (unpaired) electrons. The highest BCUT2D eigenvalue weighted by atomic mass is 79.9. The number of benzene rings is 1. The van der Waals surface area contributed by atoms with Crippen molar-refractivity contribution in [2.45, 2.75) is 6.10 Å². The summed E-state index contributed by atoms with van der Waals surface area (Å²) in [6.07, 6.45) is 0.188. The minimum absolute atomic E-state index is 0.0147. The van der Waals surface area contributed by atoms with Gasteiger partial charge >= 0.3 is 0 Å². The topological polar surface area (TPSA) is 20.2 Å². The zero-order valence-corrected chi connectivity index (χ0v) is 8.94. The second-order valence-electron chi connectivity index (χ2n) is 2.44. The van der Waals surface area contributed by atoms with Gasteiger partial charge in [0.2, 0.25) is 0 Å². The van der Waals surface area contributed by atoms with Gasteiger partial charge in [0.25, 0.3) is 0 Å². The van der Waals surface area contributed by atoms with E-state index in [0.717, 1.165) is 0 Å². The lowest BCUT2D eigenvalue weighted by atomic mass is 10.1. The summed E-state index contributed by atoms with van der Waals surface area (Å²) in [5.74, 6) is -0.622. The lowest BCUT2D eigenvalue weighted by Gasteiger charge is -2.10. The van der Waals surface area contributed by atoms with Crippen LogP contribution in [0.3, 0.4) is 0 Å². The summed E-state index contributed by atoms with van der Waals surface area (Å²) >= 11 is 8.66. The molecule has 0 amide bonds. The van der Waals surface area contributed by atoms with Crippen LogP contribution < -0.4 is 0 Å². The molecule has 0 fully saturated rings. The Morgan fingerprint density at radius 2 is 2.23 bits per heavy atom. The van der Waals surface area contributed by atoms with Gasteiger partial charge in [0, 0.05) is 10.0 Å². The Morgan fingerprint density at radius 1 is 1.62 bits per heavy atom. The van der Waals surface area contributed by atoms with Crippen molar-refractivity contribution < 1.29 is 9.50 Å². The number of hydrogen-bond acceptors (Lipinski definition) is 1. The van der Waals surface area contributed by atoms with Gasteiger partial charge in [-0.2, -0.15) is 0 Å². The molecular formula is C9H7BrClFO. The van der Waals surface area contributed by atoms with Gasteiger partial charge in [-0.3, -0.25) is 0 Å². The zero-order chi connectivity index (χ0) is 10.0. The maximum atomic E-state index is 13.3. The van der Waals surface area contributed by atoms with Crippen LogP contribution in [-0.4, -0.2) is 5.11 Å². The number of rotatable bonds is 2. The molecule has 0 aliphatic rings. The van der Waals surface area contributed by atoms with Crippen molar-refractivity contribution in [3.63, 3.8) is 0 Å². The molecule has 0 spiro atoms. The van der Waals surface area contributed by atoms with E-state index >= 15 is 0 Å². The summed E-state index contributed by atoms with van der Waals surface area (Å²) in [7, 11) is 0. The molecule has 4 heteroatoms. The molecule has 0 bridgehead atoms. The maximum absolute atomic E-state index is 13.3. The summed E-state index contributed by atoms with van der Waals surface area (Å²) in [6, 6.07) is 2.99. The molecule has 1 N–H and O–H groups in total. The first-order chi connectivity index (χ1) is 6.07. The third-order valence-electron chi connectivity index (χ3n) is 1.60. The van der Waals surface area contributed by atoms with Crippen LogP contribution in [0.15, 0.2) is 29.3 Å². The number of hydrogen-bond donors (Lipinski definition) is 1. The Bertz CT molecular complexity index is 341. The predicted octanol–water partition coefficient (Wildman–Crippen LogP) is 3.46. The highest BCUT2D eigenvalue weighted by molar-refractivity contribution is 9.10. The Balaban J connectivity index is 3.32. The second kappa shape index (κ2) is 4.22. The molecule has 70 valence electrons. The van der Waals surface area contributed by atoms with Gasteiger partial charge in [-0.1, -0.05) is 33.6 Å². The van der Waals surface area contributed by atoms with Crippen LogP contribution in [0.25, 0.3) is 0 Å². The van der Waals surface area contributed by atoms with Crippen LogP contribution in [0.2, 0.25) is 5.02 Å². The molecule has 0 aromatic heterocycles. The van der Waals surface area contributed by atoms with E-state index in [4.69, 9.17) is 11.6 Å². The van der Waals surface area contributed by atoms with Gasteiger partial charge in [-0.25, -0.2) is 4.39 Å². The quantitative estimate of drug-likeness (QED) is 0.641. The van der Waals surface area contributed by atoms with Crippen molar-refractivity contribution in [1.29, 1.82) is 0 Å². The van der Waals surface area contributed by atoms with Crippen molar-refractivity contribution in [2.24, 2.45) is 0 Å². The zero-order valence-electron chi connectivity index (χ0n) is 6.60. The standard InChI is InChI=1S/C9H7BrClFO/c1-2-7(13)8-5(10)3-4-6(11)9(8)12/h2-4,7,13H,1H2. The first-order valence-electron chi connectivity index (χ1n) is 3.52. The maximum Gasteiger partial charge on any atom is 0.149 e. The third kappa shape index (κ3) is 2.10. The molecule has 0 aliphatic heterocycles. The van der Waals surface area contributed by atoms with E-state index in [2.05, 4.69) is 22.5 Å². The number of aliphatic hydroxyl groups excluding tert-OH is 1. The number of aliphatic hydroxyl groups is 1. The third-order valence-corrected chi connectivity index (χ3v) is 2.58. The van der Waals surface area contributed by atoms with Crippen molar-refractivity contribution in [3.8, 4) is 0 Å². The smallest absolute Gasteiger partial charge is 0.149 e. The van der Waals surface area contributed by atoms with E-state index in [1.54, 1.807) is 6.07 Å². The average molecular weight is 266 g/mol. The molecule has 1 nitrogen and oxygen atoms in total. The lowest BCUT2D eigenvalue weighted by Crippen LogP contribution is -1.99. The molecule has 1 atom stereocenters. The first kappa shape index (κ1) is 10.7. The predicted molar refractivity (Wildman–Crippen MR) is 54.3 cm³/mol. The molecule has 1 aromatic carbocycles. The first-order valence-corrected chi connectivity index (χ1v) is 4.69. The second-order valence-corrected chi connectivity index (χ2v) is 3.70. The van der Waals surface area contributed by atoms with Gasteiger partial charge < -0.3 is 5.11 Å². The molecule has 1 unspecified atom stereocenters. The van der Waals surface area contributed by atoms with Crippen LogP contribution >= 0.6 is 27.5 Å². The average Bonchev–Trinajstić information content (AvgIpc) is 2.12. The number of halogens is 3. The summed E-state index contributed by atoms with van der Waals surface area (Å²) in [6.45, 7) is 3.37. The van der Waals surface area contributed by atoms with Crippen molar-refractivity contribution >= 4 is 27.5 Å². The van der Waals surface area contributed by atoms with Crippen LogP contribution in [-0.2, 0) is 0 Å². The van der Waals surface area contributed by atoms with Gasteiger partial charge in [-0.15, -0.1) is 6.58 Å². The summed E-state index contributed by atoms with van der Waals surface area (Å²) in [4.78, 5) is 0. The van der Waals surface area contributed by atoms with E-state index < -0.39 is 11.9 Å². The highest BCUT2D eigenvalue weighted by Gasteiger charge is 2.15. The minimum Gasteiger partial charge on any atom is -0.384 e. The largest absolute Gasteiger partial charge is 0.384 e. The van der Waals surface area contributed by atoms with Crippen LogP contribution in [0.5, 0.6) is 0 Å². The molecule has 13 heavy (non-hydrogen) atoms. The fourth-order valence-corrected chi connectivity index (χ4v) is 1.64. The molecule has 0 heterocycles. The minimum atomic E-state index is -1.05. The fraction of sp³-hybridized carbons (Fsp3) is 0.111. The van der Waals surface area contributed by atoms with Crippen LogP contribution in [0.4, 0.5) is 4.39 Å². The SMILES string of the molecule is C=CC(O)c1c(Br)ccc(Cl)c1F. The Morgan fingerprint density at radius 3 is 2.77 bits per heavy atom. The van der Waals surface area contributed by atoms with Crippen LogP contribution in [0.1, 0.15) is 11.7 Å². The van der Waals surface area contributed by atoms with Crippen molar-refractivity contribution in [2.75, 3.05) is 0 Å². The highest BCUT2D eigenvalue weighted by Crippen LogP contribution is 2.30. The molecule has 1 aromatic rings. The van der Waals surface area contributed by atoms with E-state index in [-0.39, 0.29) is 10.6 Å². The Kier molecular flexibility index (Phi) is 3.47. The molecule has 1 rings (SSSR count). The van der Waals surface area contributed by atoms with Gasteiger partial charge in [0.15, 0.2) is 0 Å². The van der Waals surface area contributed by atoms with Gasteiger partial charge in [0.05, 0.1) is 5.02 Å². The normalized spacial score (nSPS) is 12.6. The van der Waals surface area contributed by atoms with E-state index in [0.29, 0.717) is 4.47 Å². The summed E-state index contributed by atoms with van der Waals surface area (Å²) < 4.78 is 13.8. The molecule has 0 aliphatic carbocycles. The van der Waals surface area contributed by atoms with Gasteiger partial charge in [0.1, 0.15) is 11.9 Å². The van der Waals surface area contributed by atoms with Crippen molar-refractivity contribution in [1.82, 2.24) is 0 Å². The summed E-state index contributed by atoms with van der Waals surface area (Å²) in [5, 5.41) is 9.35. The van der Waals surface area contributed by atoms with E-state index in [1.165, 1.54) is 12.1 Å². The van der Waals surface area contributed by atoms with Gasteiger partial charge in [-0.05, 0) is 12.1 Å². The monoisotopic (exact) mass is 264 g/mol. The van der Waals surface area contributed by atoms with Crippen LogP contribution in [0, 0.1) is 5.82 Å². The molecule has 0 saturated carbocycles. The van der Waals surface area contributed by atoms with E-state index in [9.17, 15) is 9.50 Å². The molecular weight excluding hydrogens is 258 g/mol. The Hall–Kier alpha value is -0.380. The van der Waals surface area contributed by atoms with E-state index in [1.807, 2.05) is 0 Å². The molecule has 0 saturated heterocycles. The lowest BCUT2D eigenvalue weighted by molar-refractivity contribution is 0.223. The Labute approximate surface area is 89.0 Å². The fourth-order valence-electron chi connectivity index (χ4n) is 0.932. The van der Waals surface area contributed by atoms with Crippen molar-refractivity contribution in [3.05, 3.63) is 45.7 Å².